The van der Waals surface area contributed by atoms with E-state index in [-0.39, 0.29) is 11.7 Å². The molecule has 0 amide bonds. The van der Waals surface area contributed by atoms with Crippen molar-refractivity contribution < 1.29 is 4.79 Å². The summed E-state index contributed by atoms with van der Waals surface area (Å²) in [5, 5.41) is 3.21. The fraction of sp³-hybridized carbons (Fsp3) is 0.667. The van der Waals surface area contributed by atoms with Crippen LogP contribution in [0.2, 0.25) is 0 Å². The molecule has 62 valence electrons. The van der Waals surface area contributed by atoms with Crippen LogP contribution in [-0.4, -0.2) is 18.9 Å². The number of nitrogens with one attached hydrogen (secondary N) is 1. The number of allylic oxidation sites excluding steroid dienone is 1. The zero-order valence-electron chi connectivity index (χ0n) is 7.02. The lowest BCUT2D eigenvalue weighted by Crippen LogP contribution is -2.34. The van der Waals surface area contributed by atoms with E-state index < -0.39 is 0 Å². The Morgan fingerprint density at radius 2 is 2.36 bits per heavy atom. The third-order valence-electron chi connectivity index (χ3n) is 2.09. The van der Waals surface area contributed by atoms with Gasteiger partial charge in [0.1, 0.15) is 0 Å². The predicted molar refractivity (Wildman–Crippen MR) is 45.4 cm³/mol. The Kier molecular flexibility index (Phi) is 2.83. The maximum atomic E-state index is 11.4. The highest BCUT2D eigenvalue weighted by Gasteiger charge is 2.20. The monoisotopic (exact) mass is 153 g/mol. The number of carbonyl (C=O) groups excluding carboxylic acids is 1. The molecule has 0 aromatic carbocycles. The van der Waals surface area contributed by atoms with Crippen LogP contribution in [0.25, 0.3) is 0 Å². The molecule has 0 aromatic heterocycles. The van der Waals surface area contributed by atoms with Crippen molar-refractivity contribution in [3.8, 4) is 0 Å². The summed E-state index contributed by atoms with van der Waals surface area (Å²) in [5.41, 5.74) is 0.693. The van der Waals surface area contributed by atoms with Gasteiger partial charge in [-0.05, 0) is 31.9 Å². The molecule has 1 saturated heterocycles. The molecule has 0 aromatic rings. The van der Waals surface area contributed by atoms with Gasteiger partial charge in [0, 0.05) is 12.5 Å². The first-order valence-electron chi connectivity index (χ1n) is 4.12. The molecule has 1 atom stereocenters. The minimum absolute atomic E-state index is 0.196. The van der Waals surface area contributed by atoms with Gasteiger partial charge in [-0.2, -0.15) is 0 Å². The number of hydrogen-bond donors (Lipinski definition) is 1. The predicted octanol–water partition coefficient (Wildman–Crippen LogP) is 1.13. The van der Waals surface area contributed by atoms with E-state index in [2.05, 4.69) is 11.9 Å². The van der Waals surface area contributed by atoms with Crippen molar-refractivity contribution in [2.45, 2.75) is 19.8 Å². The Balaban J connectivity index is 2.45. The average molecular weight is 153 g/mol. The summed E-state index contributed by atoms with van der Waals surface area (Å²) in [6, 6.07) is 0. The molecule has 0 spiro atoms. The van der Waals surface area contributed by atoms with Crippen molar-refractivity contribution in [1.29, 1.82) is 0 Å². The Bertz CT molecular complexity index is 168. The van der Waals surface area contributed by atoms with Gasteiger partial charge in [0.05, 0.1) is 0 Å². The number of Topliss-reactive ketones (excluding diaryl/α,β-unsaturated/α-hetero) is 1. The molecule has 2 nitrogen and oxygen atoms in total. The first-order valence-corrected chi connectivity index (χ1v) is 4.12. The van der Waals surface area contributed by atoms with E-state index in [1.165, 1.54) is 0 Å². The lowest BCUT2D eigenvalue weighted by atomic mass is 9.92. The number of carbonyl (C=O) groups is 1. The number of piperidine rings is 1. The standard InChI is InChI=1S/C9H15NO/c1-7(2)9(11)8-4-3-5-10-6-8/h8,10H,1,3-6H2,2H3. The molecular weight excluding hydrogens is 138 g/mol. The second-order valence-electron chi connectivity index (χ2n) is 3.19. The summed E-state index contributed by atoms with van der Waals surface area (Å²) in [6.45, 7) is 7.34. The molecule has 1 fully saturated rings. The van der Waals surface area contributed by atoms with Crippen LogP contribution in [-0.2, 0) is 4.79 Å². The molecule has 1 N–H and O–H groups in total. The quantitative estimate of drug-likeness (QED) is 0.602. The molecule has 0 bridgehead atoms. The molecule has 0 aliphatic carbocycles. The normalized spacial score (nSPS) is 24.6. The largest absolute Gasteiger partial charge is 0.316 e. The fourth-order valence-electron chi connectivity index (χ4n) is 1.42. The van der Waals surface area contributed by atoms with E-state index in [1.807, 2.05) is 0 Å². The fourth-order valence-corrected chi connectivity index (χ4v) is 1.42. The van der Waals surface area contributed by atoms with Crippen molar-refractivity contribution in [3.05, 3.63) is 12.2 Å². The van der Waals surface area contributed by atoms with Gasteiger partial charge in [-0.25, -0.2) is 0 Å². The highest BCUT2D eigenvalue weighted by molar-refractivity contribution is 5.96. The highest BCUT2D eigenvalue weighted by atomic mass is 16.1. The van der Waals surface area contributed by atoms with Gasteiger partial charge in [-0.1, -0.05) is 6.58 Å². The lowest BCUT2D eigenvalue weighted by molar-refractivity contribution is -0.119. The van der Waals surface area contributed by atoms with Crippen LogP contribution in [0.15, 0.2) is 12.2 Å². The van der Waals surface area contributed by atoms with Crippen molar-refractivity contribution in [1.82, 2.24) is 5.32 Å². The van der Waals surface area contributed by atoms with Gasteiger partial charge in [0.25, 0.3) is 0 Å². The van der Waals surface area contributed by atoms with Crippen LogP contribution in [0.1, 0.15) is 19.8 Å². The molecule has 0 saturated carbocycles. The van der Waals surface area contributed by atoms with Crippen molar-refractivity contribution in [3.63, 3.8) is 0 Å². The summed E-state index contributed by atoms with van der Waals surface area (Å²) in [7, 11) is 0. The Morgan fingerprint density at radius 3 is 2.82 bits per heavy atom. The molecule has 11 heavy (non-hydrogen) atoms. The maximum absolute atomic E-state index is 11.4. The van der Waals surface area contributed by atoms with Gasteiger partial charge >= 0.3 is 0 Å². The molecule has 1 aliphatic heterocycles. The minimum Gasteiger partial charge on any atom is -0.316 e. The SMILES string of the molecule is C=C(C)C(=O)C1CCCNC1. The molecule has 1 unspecified atom stereocenters. The number of ketones is 1. The Labute approximate surface area is 67.7 Å². The van der Waals surface area contributed by atoms with E-state index >= 15 is 0 Å². The summed E-state index contributed by atoms with van der Waals surface area (Å²) in [5.74, 6) is 0.429. The maximum Gasteiger partial charge on any atom is 0.162 e. The zero-order chi connectivity index (χ0) is 8.27. The van der Waals surface area contributed by atoms with Crippen LogP contribution in [0.4, 0.5) is 0 Å². The Hall–Kier alpha value is -0.630. The number of rotatable bonds is 2. The lowest BCUT2D eigenvalue weighted by Gasteiger charge is -2.21. The van der Waals surface area contributed by atoms with E-state index in [4.69, 9.17) is 0 Å². The van der Waals surface area contributed by atoms with Gasteiger partial charge in [0.2, 0.25) is 0 Å². The first kappa shape index (κ1) is 8.47. The first-order chi connectivity index (χ1) is 5.22. The third-order valence-corrected chi connectivity index (χ3v) is 2.09. The number of hydrogen-bond acceptors (Lipinski definition) is 2. The molecule has 1 heterocycles. The van der Waals surface area contributed by atoms with E-state index in [1.54, 1.807) is 6.92 Å². The van der Waals surface area contributed by atoms with Crippen LogP contribution in [0.5, 0.6) is 0 Å². The van der Waals surface area contributed by atoms with Crippen molar-refractivity contribution in [2.24, 2.45) is 5.92 Å². The van der Waals surface area contributed by atoms with E-state index in [9.17, 15) is 4.79 Å². The van der Waals surface area contributed by atoms with Gasteiger partial charge in [-0.3, -0.25) is 4.79 Å². The molecule has 1 rings (SSSR count). The topological polar surface area (TPSA) is 29.1 Å². The summed E-state index contributed by atoms with van der Waals surface area (Å²) >= 11 is 0. The van der Waals surface area contributed by atoms with Crippen molar-refractivity contribution >= 4 is 5.78 Å². The van der Waals surface area contributed by atoms with Gasteiger partial charge in [-0.15, -0.1) is 0 Å². The van der Waals surface area contributed by atoms with Crippen LogP contribution >= 0.6 is 0 Å². The molecule has 1 aliphatic rings. The van der Waals surface area contributed by atoms with Gasteiger partial charge < -0.3 is 5.32 Å². The average Bonchev–Trinajstić information content (AvgIpc) is 2.05. The zero-order valence-corrected chi connectivity index (χ0v) is 7.02. The van der Waals surface area contributed by atoms with Crippen LogP contribution < -0.4 is 5.32 Å². The summed E-state index contributed by atoms with van der Waals surface area (Å²) < 4.78 is 0. The Morgan fingerprint density at radius 1 is 1.64 bits per heavy atom. The summed E-state index contributed by atoms with van der Waals surface area (Å²) in [6.07, 6.45) is 2.14. The van der Waals surface area contributed by atoms with Crippen molar-refractivity contribution in [2.75, 3.05) is 13.1 Å². The molecule has 2 heteroatoms. The second-order valence-corrected chi connectivity index (χ2v) is 3.19. The smallest absolute Gasteiger partial charge is 0.162 e. The highest BCUT2D eigenvalue weighted by Crippen LogP contribution is 2.13. The molecule has 0 radical (unpaired) electrons. The van der Waals surface area contributed by atoms with Crippen LogP contribution in [0, 0.1) is 5.92 Å². The minimum atomic E-state index is 0.196. The van der Waals surface area contributed by atoms with E-state index in [0.717, 1.165) is 25.9 Å². The van der Waals surface area contributed by atoms with E-state index in [0.29, 0.717) is 5.57 Å². The molecular formula is C9H15NO. The summed E-state index contributed by atoms with van der Waals surface area (Å²) in [4.78, 5) is 11.4. The van der Waals surface area contributed by atoms with Crippen LogP contribution in [0.3, 0.4) is 0 Å². The third kappa shape index (κ3) is 2.15. The second kappa shape index (κ2) is 3.67. The van der Waals surface area contributed by atoms with Gasteiger partial charge in [0.15, 0.2) is 5.78 Å².